The normalized spacial score (nSPS) is 12.1. The Morgan fingerprint density at radius 3 is 2.83 bits per heavy atom. The zero-order valence-corrected chi connectivity index (χ0v) is 13.9. The zero-order chi connectivity index (χ0) is 16.2. The molecule has 0 fully saturated rings. The Bertz CT molecular complexity index is 794. The molecule has 0 aliphatic rings. The number of thiazole rings is 1. The monoisotopic (exact) mass is 326 g/mol. The third-order valence-corrected chi connectivity index (χ3v) is 4.30. The van der Waals surface area contributed by atoms with Gasteiger partial charge in [0.25, 0.3) is 5.91 Å². The topological polar surface area (TPSA) is 70.7 Å². The van der Waals surface area contributed by atoms with Crippen molar-refractivity contribution < 1.29 is 4.79 Å². The summed E-state index contributed by atoms with van der Waals surface area (Å²) >= 11 is 1.48. The summed E-state index contributed by atoms with van der Waals surface area (Å²) in [6, 6.07) is 11.8. The van der Waals surface area contributed by atoms with E-state index in [0.29, 0.717) is 12.1 Å². The van der Waals surface area contributed by atoms with Gasteiger partial charge >= 0.3 is 0 Å². The standard InChI is InChI=1S/C17H18N4OS/c1-11(8-14-9-12(2)20-21-14)18-16(22)15-10-23-17(19-15)13-6-4-3-5-7-13/h3-7,9-11H,8H2,1-2H3,(H,18,22)(H,20,21)/t11-/m1/s1. The maximum atomic E-state index is 12.3. The van der Waals surface area contributed by atoms with Crippen molar-refractivity contribution in [3.63, 3.8) is 0 Å². The number of aryl methyl sites for hydroxylation is 1. The minimum absolute atomic E-state index is 0.00734. The summed E-state index contributed by atoms with van der Waals surface area (Å²) in [4.78, 5) is 16.7. The lowest BCUT2D eigenvalue weighted by Crippen LogP contribution is -2.34. The molecule has 0 saturated carbocycles. The quantitative estimate of drug-likeness (QED) is 0.756. The van der Waals surface area contributed by atoms with Crippen LogP contribution in [-0.4, -0.2) is 27.1 Å². The van der Waals surface area contributed by atoms with Crippen LogP contribution >= 0.6 is 11.3 Å². The highest BCUT2D eigenvalue weighted by atomic mass is 32.1. The van der Waals surface area contributed by atoms with Crippen LogP contribution in [0.3, 0.4) is 0 Å². The summed E-state index contributed by atoms with van der Waals surface area (Å²) in [6.45, 7) is 3.92. The molecule has 1 aromatic carbocycles. The van der Waals surface area contributed by atoms with E-state index in [-0.39, 0.29) is 11.9 Å². The number of nitrogens with zero attached hydrogens (tertiary/aromatic N) is 2. The Morgan fingerprint density at radius 2 is 2.13 bits per heavy atom. The number of rotatable bonds is 5. The van der Waals surface area contributed by atoms with E-state index in [9.17, 15) is 4.79 Å². The first-order chi connectivity index (χ1) is 11.1. The molecule has 3 aromatic rings. The minimum atomic E-state index is -0.150. The lowest BCUT2D eigenvalue weighted by atomic mass is 10.1. The van der Waals surface area contributed by atoms with E-state index in [2.05, 4.69) is 20.5 Å². The molecule has 0 spiro atoms. The Kier molecular flexibility index (Phi) is 4.52. The highest BCUT2D eigenvalue weighted by Crippen LogP contribution is 2.23. The van der Waals surface area contributed by atoms with Gasteiger partial charge in [0, 0.05) is 29.1 Å². The van der Waals surface area contributed by atoms with Gasteiger partial charge in [-0.15, -0.1) is 11.3 Å². The number of H-pyrrole nitrogens is 1. The van der Waals surface area contributed by atoms with Gasteiger partial charge in [0.15, 0.2) is 0 Å². The van der Waals surface area contributed by atoms with Crippen LogP contribution in [0.4, 0.5) is 0 Å². The molecule has 2 N–H and O–H groups in total. The van der Waals surface area contributed by atoms with Gasteiger partial charge in [0.05, 0.1) is 5.69 Å². The van der Waals surface area contributed by atoms with Gasteiger partial charge in [-0.05, 0) is 19.9 Å². The van der Waals surface area contributed by atoms with Crippen LogP contribution in [0.2, 0.25) is 0 Å². The number of hydrogen-bond donors (Lipinski definition) is 2. The number of aromatic nitrogens is 3. The maximum absolute atomic E-state index is 12.3. The summed E-state index contributed by atoms with van der Waals surface area (Å²) in [5, 5.41) is 12.7. The highest BCUT2D eigenvalue weighted by Gasteiger charge is 2.15. The van der Waals surface area contributed by atoms with E-state index in [1.54, 1.807) is 5.38 Å². The van der Waals surface area contributed by atoms with E-state index in [4.69, 9.17) is 0 Å². The molecule has 6 heteroatoms. The molecule has 3 rings (SSSR count). The first-order valence-corrected chi connectivity index (χ1v) is 8.32. The van der Waals surface area contributed by atoms with Crippen molar-refractivity contribution in [3.8, 4) is 10.6 Å². The molecule has 0 bridgehead atoms. The Hall–Kier alpha value is -2.47. The average molecular weight is 326 g/mol. The smallest absolute Gasteiger partial charge is 0.270 e. The van der Waals surface area contributed by atoms with Gasteiger partial charge in [-0.1, -0.05) is 30.3 Å². The zero-order valence-electron chi connectivity index (χ0n) is 13.0. The largest absolute Gasteiger partial charge is 0.348 e. The van der Waals surface area contributed by atoms with Gasteiger partial charge in [-0.2, -0.15) is 5.10 Å². The first kappa shape index (κ1) is 15.4. The van der Waals surface area contributed by atoms with Crippen LogP contribution in [0, 0.1) is 6.92 Å². The fourth-order valence-corrected chi connectivity index (χ4v) is 3.14. The number of nitrogens with one attached hydrogen (secondary N) is 2. The second-order valence-electron chi connectivity index (χ2n) is 5.52. The van der Waals surface area contributed by atoms with Crippen LogP contribution in [0.15, 0.2) is 41.8 Å². The molecule has 5 nitrogen and oxygen atoms in total. The number of benzene rings is 1. The molecule has 23 heavy (non-hydrogen) atoms. The van der Waals surface area contributed by atoms with Crippen molar-refractivity contribution in [1.29, 1.82) is 0 Å². The predicted octanol–water partition coefficient (Wildman–Crippen LogP) is 3.20. The third-order valence-electron chi connectivity index (χ3n) is 3.41. The lowest BCUT2D eigenvalue weighted by Gasteiger charge is -2.11. The lowest BCUT2D eigenvalue weighted by molar-refractivity contribution is 0.0935. The SMILES string of the molecule is Cc1cc(C[C@@H](C)NC(=O)c2csc(-c3ccccc3)n2)n[nH]1. The number of carbonyl (C=O) groups excluding carboxylic acids is 1. The van der Waals surface area contributed by atoms with Gasteiger partial charge in [0.2, 0.25) is 0 Å². The minimum Gasteiger partial charge on any atom is -0.348 e. The van der Waals surface area contributed by atoms with Crippen LogP contribution in [0.1, 0.15) is 28.8 Å². The Labute approximate surface area is 138 Å². The molecule has 118 valence electrons. The Morgan fingerprint density at radius 1 is 1.35 bits per heavy atom. The number of hydrogen-bond acceptors (Lipinski definition) is 4. The molecule has 0 unspecified atom stereocenters. The molecule has 0 aliphatic heterocycles. The van der Waals surface area contributed by atoms with Crippen LogP contribution in [0.25, 0.3) is 10.6 Å². The molecule has 2 heterocycles. The van der Waals surface area contributed by atoms with E-state index in [1.165, 1.54) is 11.3 Å². The van der Waals surface area contributed by atoms with Crippen molar-refractivity contribution in [2.75, 3.05) is 0 Å². The average Bonchev–Trinajstić information content (AvgIpc) is 3.17. The van der Waals surface area contributed by atoms with Crippen molar-refractivity contribution in [2.24, 2.45) is 0 Å². The molecule has 0 aliphatic carbocycles. The molecule has 1 amide bonds. The fourth-order valence-electron chi connectivity index (χ4n) is 2.33. The molecule has 0 radical (unpaired) electrons. The number of aromatic amines is 1. The summed E-state index contributed by atoms with van der Waals surface area (Å²) in [5.74, 6) is -0.150. The van der Waals surface area contributed by atoms with Crippen LogP contribution < -0.4 is 5.32 Å². The van der Waals surface area contributed by atoms with Gasteiger partial charge in [0.1, 0.15) is 10.7 Å². The van der Waals surface area contributed by atoms with Crippen molar-refractivity contribution in [3.05, 3.63) is 58.9 Å². The fraction of sp³-hybridized carbons (Fsp3) is 0.235. The maximum Gasteiger partial charge on any atom is 0.270 e. The molecule has 0 saturated heterocycles. The van der Waals surface area contributed by atoms with Gasteiger partial charge < -0.3 is 5.32 Å². The number of carbonyl (C=O) groups is 1. The van der Waals surface area contributed by atoms with E-state index >= 15 is 0 Å². The van der Waals surface area contributed by atoms with E-state index in [0.717, 1.165) is 22.0 Å². The van der Waals surface area contributed by atoms with E-state index in [1.807, 2.05) is 50.2 Å². The summed E-state index contributed by atoms with van der Waals surface area (Å²) in [6.07, 6.45) is 0.686. The van der Waals surface area contributed by atoms with Crippen LogP contribution in [0.5, 0.6) is 0 Å². The second kappa shape index (κ2) is 6.75. The molecule has 1 atom stereocenters. The predicted molar refractivity (Wildman–Crippen MR) is 91.5 cm³/mol. The first-order valence-electron chi connectivity index (χ1n) is 7.44. The number of amides is 1. The molecule has 2 aromatic heterocycles. The second-order valence-corrected chi connectivity index (χ2v) is 6.38. The molecular weight excluding hydrogens is 308 g/mol. The molecular formula is C17H18N4OS. The summed E-state index contributed by atoms with van der Waals surface area (Å²) < 4.78 is 0. The van der Waals surface area contributed by atoms with Crippen molar-refractivity contribution in [2.45, 2.75) is 26.3 Å². The van der Waals surface area contributed by atoms with Crippen LogP contribution in [-0.2, 0) is 6.42 Å². The van der Waals surface area contributed by atoms with Gasteiger partial charge in [-0.25, -0.2) is 4.98 Å². The third kappa shape index (κ3) is 3.84. The van der Waals surface area contributed by atoms with Crippen molar-refractivity contribution in [1.82, 2.24) is 20.5 Å². The van der Waals surface area contributed by atoms with Gasteiger partial charge in [-0.3, -0.25) is 9.89 Å². The van der Waals surface area contributed by atoms with E-state index < -0.39 is 0 Å². The highest BCUT2D eigenvalue weighted by molar-refractivity contribution is 7.13. The Balaban J connectivity index is 1.63. The summed E-state index contributed by atoms with van der Waals surface area (Å²) in [7, 11) is 0. The van der Waals surface area contributed by atoms with Crippen molar-refractivity contribution >= 4 is 17.2 Å². The summed E-state index contributed by atoms with van der Waals surface area (Å²) in [5.41, 5.74) is 3.44.